The van der Waals surface area contributed by atoms with E-state index in [4.69, 9.17) is 0 Å². The van der Waals surface area contributed by atoms with Crippen molar-refractivity contribution in [3.05, 3.63) is 35.9 Å². The lowest BCUT2D eigenvalue weighted by Crippen LogP contribution is -2.40. The highest BCUT2D eigenvalue weighted by Gasteiger charge is 2.30. The predicted molar refractivity (Wildman–Crippen MR) is 87.1 cm³/mol. The Labute approximate surface area is 128 Å². The van der Waals surface area contributed by atoms with Crippen molar-refractivity contribution >= 4 is 5.91 Å². The van der Waals surface area contributed by atoms with E-state index >= 15 is 0 Å². The van der Waals surface area contributed by atoms with Crippen LogP contribution in [-0.4, -0.2) is 30.4 Å². The second-order valence-corrected chi connectivity index (χ2v) is 5.91. The Morgan fingerprint density at radius 1 is 1.33 bits per heavy atom. The molecule has 2 rings (SSSR count). The molecule has 0 bridgehead atoms. The minimum absolute atomic E-state index is 0.166. The number of amides is 1. The molecule has 1 saturated heterocycles. The third-order valence-electron chi connectivity index (χ3n) is 4.39. The van der Waals surface area contributed by atoms with Gasteiger partial charge in [0.15, 0.2) is 0 Å². The monoisotopic (exact) mass is 288 g/mol. The molecular formula is C18H28N2O. The van der Waals surface area contributed by atoms with E-state index in [0.717, 1.165) is 45.3 Å². The Morgan fingerprint density at radius 3 is 2.67 bits per heavy atom. The Morgan fingerprint density at radius 2 is 2.10 bits per heavy atom. The summed E-state index contributed by atoms with van der Waals surface area (Å²) < 4.78 is 0. The van der Waals surface area contributed by atoms with E-state index in [-0.39, 0.29) is 12.0 Å². The highest BCUT2D eigenvalue weighted by Crippen LogP contribution is 2.27. The molecule has 1 amide bonds. The fourth-order valence-corrected chi connectivity index (χ4v) is 3.16. The van der Waals surface area contributed by atoms with Gasteiger partial charge >= 0.3 is 0 Å². The molecular weight excluding hydrogens is 260 g/mol. The average Bonchev–Trinajstić information content (AvgIpc) is 3.06. The summed E-state index contributed by atoms with van der Waals surface area (Å²) in [7, 11) is 0. The number of nitrogens with zero attached hydrogens (tertiary/aromatic N) is 1. The standard InChI is InChI=1S/C18H28N2O/c1-3-5-13-20(18(21)16-11-12-19-14-16)17(4-2)15-9-7-6-8-10-15/h6-10,16-17,19H,3-5,11-14H2,1-2H3. The SMILES string of the molecule is CCCCN(C(=O)C1CCNC1)C(CC)c1ccccc1. The molecule has 2 atom stereocenters. The summed E-state index contributed by atoms with van der Waals surface area (Å²) in [5.74, 6) is 0.503. The molecule has 0 spiro atoms. The predicted octanol–water partition coefficient (Wildman–Crippen LogP) is 3.38. The number of hydrogen-bond acceptors (Lipinski definition) is 2. The Balaban J connectivity index is 2.18. The van der Waals surface area contributed by atoms with Crippen molar-refractivity contribution in [2.75, 3.05) is 19.6 Å². The summed E-state index contributed by atoms with van der Waals surface area (Å²) in [5, 5.41) is 3.31. The van der Waals surface area contributed by atoms with Crippen molar-refractivity contribution in [3.63, 3.8) is 0 Å². The third kappa shape index (κ3) is 4.07. The molecule has 1 heterocycles. The number of benzene rings is 1. The Kier molecular flexibility index (Phi) is 6.24. The quantitative estimate of drug-likeness (QED) is 0.834. The first-order valence-electron chi connectivity index (χ1n) is 8.34. The van der Waals surface area contributed by atoms with Crippen LogP contribution in [0, 0.1) is 5.92 Å². The van der Waals surface area contributed by atoms with Crippen molar-refractivity contribution in [1.82, 2.24) is 10.2 Å². The largest absolute Gasteiger partial charge is 0.335 e. The van der Waals surface area contributed by atoms with Crippen LogP contribution in [0.2, 0.25) is 0 Å². The number of carbonyl (C=O) groups excluding carboxylic acids is 1. The first kappa shape index (κ1) is 16.0. The average molecular weight is 288 g/mol. The molecule has 1 fully saturated rings. The minimum atomic E-state index is 0.166. The van der Waals surface area contributed by atoms with Crippen molar-refractivity contribution in [3.8, 4) is 0 Å². The lowest BCUT2D eigenvalue weighted by molar-refractivity contribution is -0.137. The van der Waals surface area contributed by atoms with Crippen molar-refractivity contribution < 1.29 is 4.79 Å². The van der Waals surface area contributed by atoms with Gasteiger partial charge in [-0.3, -0.25) is 4.79 Å². The Bertz CT molecular complexity index is 426. The van der Waals surface area contributed by atoms with E-state index in [9.17, 15) is 4.79 Å². The van der Waals surface area contributed by atoms with Gasteiger partial charge in [0.1, 0.15) is 0 Å². The van der Waals surface area contributed by atoms with E-state index < -0.39 is 0 Å². The van der Waals surface area contributed by atoms with E-state index in [1.807, 2.05) is 6.07 Å². The molecule has 0 aromatic heterocycles. The van der Waals surface area contributed by atoms with Crippen molar-refractivity contribution in [1.29, 1.82) is 0 Å². The molecule has 116 valence electrons. The van der Waals surface area contributed by atoms with Crippen LogP contribution in [0.4, 0.5) is 0 Å². The molecule has 3 nitrogen and oxygen atoms in total. The smallest absolute Gasteiger partial charge is 0.227 e. The van der Waals surface area contributed by atoms with Crippen LogP contribution in [-0.2, 0) is 4.79 Å². The van der Waals surface area contributed by atoms with Gasteiger partial charge in [-0.15, -0.1) is 0 Å². The van der Waals surface area contributed by atoms with Gasteiger partial charge < -0.3 is 10.2 Å². The molecule has 1 aliphatic rings. The van der Waals surface area contributed by atoms with Crippen LogP contribution >= 0.6 is 0 Å². The van der Waals surface area contributed by atoms with Crippen LogP contribution in [0.15, 0.2) is 30.3 Å². The number of unbranched alkanes of at least 4 members (excludes halogenated alkanes) is 1. The van der Waals surface area contributed by atoms with Gasteiger partial charge in [-0.1, -0.05) is 50.6 Å². The highest BCUT2D eigenvalue weighted by atomic mass is 16.2. The van der Waals surface area contributed by atoms with E-state index in [2.05, 4.69) is 48.3 Å². The van der Waals surface area contributed by atoms with Gasteiger partial charge in [0.2, 0.25) is 5.91 Å². The summed E-state index contributed by atoms with van der Waals surface area (Å²) in [5.41, 5.74) is 1.26. The number of nitrogens with one attached hydrogen (secondary N) is 1. The topological polar surface area (TPSA) is 32.3 Å². The molecule has 0 aliphatic carbocycles. The van der Waals surface area contributed by atoms with E-state index in [0.29, 0.717) is 5.91 Å². The molecule has 0 radical (unpaired) electrons. The fraction of sp³-hybridized carbons (Fsp3) is 0.611. The van der Waals surface area contributed by atoms with Crippen LogP contribution in [0.25, 0.3) is 0 Å². The van der Waals surface area contributed by atoms with Gasteiger partial charge in [0.25, 0.3) is 0 Å². The zero-order valence-corrected chi connectivity index (χ0v) is 13.3. The van der Waals surface area contributed by atoms with Crippen LogP contribution < -0.4 is 5.32 Å². The van der Waals surface area contributed by atoms with Gasteiger partial charge in [-0.05, 0) is 31.4 Å². The van der Waals surface area contributed by atoms with Gasteiger partial charge in [-0.2, -0.15) is 0 Å². The van der Waals surface area contributed by atoms with Gasteiger partial charge in [0, 0.05) is 13.1 Å². The van der Waals surface area contributed by atoms with Crippen LogP contribution in [0.3, 0.4) is 0 Å². The molecule has 1 aromatic rings. The molecule has 21 heavy (non-hydrogen) atoms. The molecule has 1 aliphatic heterocycles. The maximum atomic E-state index is 12.9. The molecule has 1 aromatic carbocycles. The summed E-state index contributed by atoms with van der Waals surface area (Å²) in [6, 6.07) is 10.7. The van der Waals surface area contributed by atoms with Gasteiger partial charge in [0.05, 0.1) is 12.0 Å². The lowest BCUT2D eigenvalue weighted by Gasteiger charge is -2.33. The number of hydrogen-bond donors (Lipinski definition) is 1. The van der Waals surface area contributed by atoms with Crippen LogP contribution in [0.1, 0.15) is 51.1 Å². The van der Waals surface area contributed by atoms with Gasteiger partial charge in [-0.25, -0.2) is 0 Å². The zero-order valence-electron chi connectivity index (χ0n) is 13.3. The normalized spacial score (nSPS) is 19.4. The van der Waals surface area contributed by atoms with Crippen molar-refractivity contribution in [2.24, 2.45) is 5.92 Å². The summed E-state index contributed by atoms with van der Waals surface area (Å²) in [4.78, 5) is 15.0. The summed E-state index contributed by atoms with van der Waals surface area (Å²) in [6.45, 7) is 7.05. The molecule has 3 heteroatoms. The maximum absolute atomic E-state index is 12.9. The summed E-state index contributed by atoms with van der Waals surface area (Å²) in [6.07, 6.45) is 4.15. The van der Waals surface area contributed by atoms with Crippen LogP contribution in [0.5, 0.6) is 0 Å². The maximum Gasteiger partial charge on any atom is 0.227 e. The minimum Gasteiger partial charge on any atom is -0.335 e. The lowest BCUT2D eigenvalue weighted by atomic mass is 9.99. The van der Waals surface area contributed by atoms with E-state index in [1.165, 1.54) is 5.56 Å². The second-order valence-electron chi connectivity index (χ2n) is 5.91. The number of carbonyl (C=O) groups is 1. The first-order valence-corrected chi connectivity index (χ1v) is 8.34. The zero-order chi connectivity index (χ0) is 15.1. The van der Waals surface area contributed by atoms with Crippen molar-refractivity contribution in [2.45, 2.75) is 45.6 Å². The fourth-order valence-electron chi connectivity index (χ4n) is 3.16. The number of rotatable bonds is 7. The Hall–Kier alpha value is -1.35. The molecule has 1 N–H and O–H groups in total. The van der Waals surface area contributed by atoms with E-state index in [1.54, 1.807) is 0 Å². The highest BCUT2D eigenvalue weighted by molar-refractivity contribution is 5.80. The molecule has 2 unspecified atom stereocenters. The first-order chi connectivity index (χ1) is 10.3. The summed E-state index contributed by atoms with van der Waals surface area (Å²) >= 11 is 0. The third-order valence-corrected chi connectivity index (χ3v) is 4.39. The second kappa shape index (κ2) is 8.18. The molecule has 0 saturated carbocycles.